The number of carbonyl (C=O) groups excluding carboxylic acids is 3. The first-order valence-corrected chi connectivity index (χ1v) is 22.3. The number of aromatic amines is 1. The summed E-state index contributed by atoms with van der Waals surface area (Å²) < 4.78 is 24.1. The number of likely N-dealkylation sites (N-methyl/N-ethyl adjacent to an activating group) is 1. The van der Waals surface area contributed by atoms with Gasteiger partial charge in [0, 0.05) is 90.9 Å². The van der Waals surface area contributed by atoms with E-state index >= 15 is 4.79 Å². The summed E-state index contributed by atoms with van der Waals surface area (Å²) in [5.41, 5.74) is -1.46. The van der Waals surface area contributed by atoms with Crippen LogP contribution in [0.15, 0.2) is 48.6 Å². The van der Waals surface area contributed by atoms with Gasteiger partial charge >= 0.3 is 17.9 Å². The number of methoxy groups -OCH3 is 3. The van der Waals surface area contributed by atoms with Gasteiger partial charge in [0.2, 0.25) is 5.60 Å². The van der Waals surface area contributed by atoms with Gasteiger partial charge in [0.25, 0.3) is 0 Å². The molecular weight excluding hydrogens is 777 g/mol. The number of rotatable bonds is 6. The number of hydrogen-bond donors (Lipinski definition) is 3. The van der Waals surface area contributed by atoms with Crippen LogP contribution in [0.3, 0.4) is 0 Å². The van der Waals surface area contributed by atoms with Gasteiger partial charge in [-0.25, -0.2) is 4.79 Å². The Labute approximate surface area is 357 Å². The third kappa shape index (κ3) is 5.17. The van der Waals surface area contributed by atoms with Crippen LogP contribution in [0.4, 0.5) is 5.69 Å². The maximum Gasteiger partial charge on any atom is 0.344 e. The topological polar surface area (TPSA) is 154 Å². The van der Waals surface area contributed by atoms with Gasteiger partial charge in [-0.15, -0.1) is 0 Å². The number of nitrogens with zero attached hydrogens (tertiary/aromatic N) is 3. The van der Waals surface area contributed by atoms with E-state index in [1.165, 1.54) is 21.1 Å². The number of piperidine rings is 1. The number of H-pyrrole nitrogens is 1. The molecule has 4 fully saturated rings. The molecular formula is C48H60N4O9. The fourth-order valence-electron chi connectivity index (χ4n) is 14.8. The van der Waals surface area contributed by atoms with Crippen LogP contribution in [0, 0.1) is 17.3 Å². The first-order valence-electron chi connectivity index (χ1n) is 22.3. The lowest BCUT2D eigenvalue weighted by atomic mass is 9.47. The highest BCUT2D eigenvalue weighted by Gasteiger charge is 2.80. The van der Waals surface area contributed by atoms with Crippen LogP contribution in [0.5, 0.6) is 5.75 Å². The van der Waals surface area contributed by atoms with E-state index in [0.29, 0.717) is 56.6 Å². The second kappa shape index (κ2) is 14.0. The number of para-hydroxylation sites is 1. The van der Waals surface area contributed by atoms with Gasteiger partial charge in [-0.1, -0.05) is 50.1 Å². The number of anilines is 1. The molecule has 3 N–H and O–H groups in total. The summed E-state index contributed by atoms with van der Waals surface area (Å²) >= 11 is 0. The monoisotopic (exact) mass is 836 g/mol. The van der Waals surface area contributed by atoms with E-state index in [0.717, 1.165) is 72.2 Å². The summed E-state index contributed by atoms with van der Waals surface area (Å²) in [7, 11) is 6.21. The maximum atomic E-state index is 15.5. The van der Waals surface area contributed by atoms with Crippen LogP contribution < -0.4 is 9.64 Å². The third-order valence-corrected chi connectivity index (χ3v) is 16.8. The van der Waals surface area contributed by atoms with Gasteiger partial charge in [-0.05, 0) is 80.2 Å². The van der Waals surface area contributed by atoms with Gasteiger partial charge in [0.15, 0.2) is 6.10 Å². The highest BCUT2D eigenvalue weighted by atomic mass is 16.6. The molecule has 2 bridgehead atoms. The van der Waals surface area contributed by atoms with Crippen LogP contribution in [0.1, 0.15) is 81.2 Å². The zero-order chi connectivity index (χ0) is 42.9. The van der Waals surface area contributed by atoms with Crippen LogP contribution in [-0.2, 0) is 45.8 Å². The number of aliphatic hydroxyl groups is 2. The Hall–Kier alpha value is -4.43. The van der Waals surface area contributed by atoms with Gasteiger partial charge in [-0.3, -0.25) is 19.4 Å². The van der Waals surface area contributed by atoms with E-state index < -0.39 is 57.5 Å². The van der Waals surface area contributed by atoms with Crippen LogP contribution in [0.25, 0.3) is 10.9 Å². The fraction of sp³-hybridized carbons (Fsp3) is 0.604. The van der Waals surface area contributed by atoms with Crippen molar-refractivity contribution in [1.29, 1.82) is 0 Å². The average Bonchev–Trinajstić information content (AvgIpc) is 3.92. The molecule has 326 valence electrons. The second-order valence-electron chi connectivity index (χ2n) is 19.3. The van der Waals surface area contributed by atoms with Gasteiger partial charge in [0.05, 0.1) is 33.0 Å². The van der Waals surface area contributed by atoms with Crippen molar-refractivity contribution >= 4 is 34.5 Å². The molecule has 0 radical (unpaired) electrons. The lowest BCUT2D eigenvalue weighted by Gasteiger charge is -2.63. The number of hydrogen-bond acceptors (Lipinski definition) is 12. The Morgan fingerprint density at radius 1 is 0.967 bits per heavy atom. The number of nitrogens with one attached hydrogen (secondary N) is 1. The highest BCUT2D eigenvalue weighted by Crippen LogP contribution is 2.68. The minimum Gasteiger partial charge on any atom is -0.496 e. The molecule has 1 spiro atoms. The van der Waals surface area contributed by atoms with Gasteiger partial charge in [-0.2, -0.15) is 0 Å². The molecule has 13 nitrogen and oxygen atoms in total. The molecule has 7 aliphatic rings. The zero-order valence-electron chi connectivity index (χ0n) is 36.3. The minimum atomic E-state index is -2.30. The minimum absolute atomic E-state index is 0.0174. The molecule has 1 aromatic heterocycles. The van der Waals surface area contributed by atoms with E-state index in [2.05, 4.69) is 45.1 Å². The maximum absolute atomic E-state index is 15.5. The van der Waals surface area contributed by atoms with E-state index in [1.807, 2.05) is 37.1 Å². The number of carbonyl (C=O) groups is 3. The smallest absolute Gasteiger partial charge is 0.344 e. The van der Waals surface area contributed by atoms with E-state index in [1.54, 1.807) is 7.11 Å². The van der Waals surface area contributed by atoms with Crippen LogP contribution in [0.2, 0.25) is 0 Å². The number of esters is 3. The molecule has 2 saturated heterocycles. The molecule has 10 rings (SSSR count). The lowest BCUT2D eigenvalue weighted by molar-refractivity contribution is -0.228. The van der Waals surface area contributed by atoms with Gasteiger partial charge in [0.1, 0.15) is 11.2 Å². The molecule has 13 heteroatoms. The van der Waals surface area contributed by atoms with E-state index in [4.69, 9.17) is 18.9 Å². The van der Waals surface area contributed by atoms with Gasteiger partial charge < -0.3 is 39.0 Å². The number of aromatic nitrogens is 1. The first kappa shape index (κ1) is 40.6. The molecule has 1 unspecified atom stereocenters. The third-order valence-electron chi connectivity index (χ3n) is 16.8. The van der Waals surface area contributed by atoms with Crippen LogP contribution >= 0.6 is 0 Å². The predicted molar refractivity (Wildman–Crippen MR) is 227 cm³/mol. The predicted octanol–water partition coefficient (Wildman–Crippen LogP) is 4.38. The molecule has 6 heterocycles. The van der Waals surface area contributed by atoms with Crippen molar-refractivity contribution < 1.29 is 43.5 Å². The van der Waals surface area contributed by atoms with Crippen LogP contribution in [-0.4, -0.2) is 133 Å². The number of ether oxygens (including phenoxy) is 4. The largest absolute Gasteiger partial charge is 0.496 e. The summed E-state index contributed by atoms with van der Waals surface area (Å²) in [6.07, 6.45) is 8.52. The quantitative estimate of drug-likeness (QED) is 0.184. The summed E-state index contributed by atoms with van der Waals surface area (Å²) in [6, 6.07) is 11.1. The highest BCUT2D eigenvalue weighted by molar-refractivity contribution is 5.95. The lowest BCUT2D eigenvalue weighted by Crippen LogP contribution is -2.81. The summed E-state index contributed by atoms with van der Waals surface area (Å²) in [5.74, 6) is -1.50. The van der Waals surface area contributed by atoms with Crippen molar-refractivity contribution in [3.05, 3.63) is 70.9 Å². The van der Waals surface area contributed by atoms with Crippen molar-refractivity contribution in [2.75, 3.05) is 66.0 Å². The Bertz CT molecular complexity index is 2350. The molecule has 2 saturated carbocycles. The van der Waals surface area contributed by atoms with Crippen molar-refractivity contribution in [3.63, 3.8) is 0 Å². The summed E-state index contributed by atoms with van der Waals surface area (Å²) in [6.45, 7) is 6.73. The van der Waals surface area contributed by atoms with Crippen molar-refractivity contribution in [1.82, 2.24) is 14.8 Å². The second-order valence-corrected chi connectivity index (χ2v) is 19.3. The Morgan fingerprint density at radius 3 is 2.49 bits per heavy atom. The number of benzene rings is 2. The molecule has 5 aliphatic heterocycles. The van der Waals surface area contributed by atoms with E-state index in [9.17, 15) is 19.8 Å². The Morgan fingerprint density at radius 2 is 1.75 bits per heavy atom. The summed E-state index contributed by atoms with van der Waals surface area (Å²) in [5, 5.41) is 26.9. The van der Waals surface area contributed by atoms with Crippen molar-refractivity contribution in [2.24, 2.45) is 17.3 Å². The average molecular weight is 837 g/mol. The first-order chi connectivity index (χ1) is 29.3. The normalized spacial score (nSPS) is 38.5. The Balaban J connectivity index is 1.28. The molecule has 61 heavy (non-hydrogen) atoms. The number of fused-ring (bicyclic) bond motifs is 8. The fourth-order valence-corrected chi connectivity index (χ4v) is 14.8. The zero-order valence-corrected chi connectivity index (χ0v) is 36.3. The summed E-state index contributed by atoms with van der Waals surface area (Å²) in [4.78, 5) is 53.6. The molecule has 2 aliphatic carbocycles. The SMILES string of the molecule is CC[C@]12C=CCN3CC[C@@]4(c5cc([C@@]6(C(=O)OC)C[C@@H]7CN(CCc8c6[nH]c6ccccc86)C[C@@]6(O)CCCC[C@@H]76)c(OC)cc5N(C)[C@H]4[C@@](O)(C(=O)OC)[C@@H]1OC(C)=O)[C@@H]32. The van der Waals surface area contributed by atoms with Crippen molar-refractivity contribution in [2.45, 2.75) is 105 Å². The molecule has 11 atom stereocenters. The molecule has 2 aromatic carbocycles. The van der Waals surface area contributed by atoms with E-state index in [-0.39, 0.29) is 17.9 Å². The molecule has 3 aromatic rings. The Kier molecular flexibility index (Phi) is 9.35. The molecule has 0 amide bonds. The van der Waals surface area contributed by atoms with Crippen molar-refractivity contribution in [3.8, 4) is 5.75 Å². The standard InChI is InChI=1S/C48H60N4O9/c1-7-44-17-12-20-52-22-19-46(39(44)52)33-23-34(37(58-4)24-36(33)50(3)40(46)48(57,43(55)60-6)41(44)61-28(2)53)47(42(54)59-5)25-29-26-51(27-45(56)18-11-10-14-32(29)45)21-16-31-30-13-8-9-15-35(30)49-38(31)47/h8-9,12-13,15,17,23-24,29,32,39-41,49,56-57H,7,10-11,14,16,18-22,25-27H2,1-6H3/t29-,32+,39+,40-,41-,44-,45+,46-,47+,48+/m1/s1.